The fourth-order valence-corrected chi connectivity index (χ4v) is 1.52. The molecule has 0 aliphatic rings. The Morgan fingerprint density at radius 2 is 1.92 bits per heavy atom. The van der Waals surface area contributed by atoms with Crippen LogP contribution < -0.4 is 0 Å². The lowest BCUT2D eigenvalue weighted by atomic mass is 10.1. The number of hydrogen-bond acceptors (Lipinski definition) is 6. The molecule has 0 saturated carbocycles. The van der Waals surface area contributed by atoms with Crippen LogP contribution in [-0.4, -0.2) is 36.4 Å². The number of aryl methyl sites for hydroxylation is 2. The summed E-state index contributed by atoms with van der Waals surface area (Å²) < 4.78 is 14.0. The van der Waals surface area contributed by atoms with E-state index in [9.17, 15) is 4.79 Å². The molecule has 0 spiro atoms. The van der Waals surface area contributed by atoms with Crippen molar-refractivity contribution in [2.24, 2.45) is 0 Å². The molecule has 0 aliphatic heterocycles. The minimum atomic E-state index is -0.410. The van der Waals surface area contributed by atoms with Gasteiger partial charge in [-0.3, -0.25) is 0 Å². The standard InChI is InChI=1S/C12H12N2O.C6H10O3/c1-9-3-5-11(6-4-9)7-8-12-13-10(2)15-14-12;1-3-6(7)9-5-4-8-2/h3-8H,1-2H3;3H,1,4-5H2,2H3/b8-7+;. The predicted octanol–water partition coefficient (Wildman–Crippen LogP) is 3.22. The van der Waals surface area contributed by atoms with Crippen LogP contribution in [0, 0.1) is 13.8 Å². The van der Waals surface area contributed by atoms with Gasteiger partial charge in [0.25, 0.3) is 0 Å². The normalized spacial score (nSPS) is 10.1. The lowest BCUT2D eigenvalue weighted by Gasteiger charge is -1.98. The van der Waals surface area contributed by atoms with Gasteiger partial charge in [0.1, 0.15) is 6.61 Å². The van der Waals surface area contributed by atoms with E-state index in [1.807, 2.05) is 12.2 Å². The quantitative estimate of drug-likeness (QED) is 0.460. The lowest BCUT2D eigenvalue weighted by Crippen LogP contribution is -2.06. The molecule has 24 heavy (non-hydrogen) atoms. The molecule has 6 heteroatoms. The first-order valence-corrected chi connectivity index (χ1v) is 7.38. The van der Waals surface area contributed by atoms with Crippen LogP contribution in [0.2, 0.25) is 0 Å². The van der Waals surface area contributed by atoms with Crippen molar-refractivity contribution in [3.8, 4) is 0 Å². The highest BCUT2D eigenvalue weighted by Gasteiger charge is 1.96. The van der Waals surface area contributed by atoms with E-state index in [1.54, 1.807) is 14.0 Å². The molecule has 1 aromatic heterocycles. The molecule has 1 heterocycles. The van der Waals surface area contributed by atoms with Gasteiger partial charge < -0.3 is 14.0 Å². The van der Waals surface area contributed by atoms with E-state index in [-0.39, 0.29) is 0 Å². The summed E-state index contributed by atoms with van der Waals surface area (Å²) in [6.07, 6.45) is 4.92. The monoisotopic (exact) mass is 330 g/mol. The van der Waals surface area contributed by atoms with Gasteiger partial charge >= 0.3 is 5.97 Å². The van der Waals surface area contributed by atoms with Crippen molar-refractivity contribution in [3.05, 3.63) is 59.8 Å². The third kappa shape index (κ3) is 8.05. The van der Waals surface area contributed by atoms with Crippen molar-refractivity contribution >= 4 is 18.1 Å². The smallest absolute Gasteiger partial charge is 0.330 e. The molecule has 0 unspecified atom stereocenters. The Labute approximate surface area is 141 Å². The average Bonchev–Trinajstić information content (AvgIpc) is 3.00. The number of aromatic nitrogens is 2. The van der Waals surface area contributed by atoms with Crippen molar-refractivity contribution in [1.82, 2.24) is 10.1 Å². The summed E-state index contributed by atoms with van der Waals surface area (Å²) in [6.45, 7) is 7.79. The Morgan fingerprint density at radius 3 is 2.46 bits per heavy atom. The van der Waals surface area contributed by atoms with E-state index < -0.39 is 5.97 Å². The van der Waals surface area contributed by atoms with Crippen LogP contribution in [0.4, 0.5) is 0 Å². The van der Waals surface area contributed by atoms with Gasteiger partial charge in [-0.1, -0.05) is 47.6 Å². The second kappa shape index (κ2) is 10.9. The fourth-order valence-electron chi connectivity index (χ4n) is 1.52. The number of rotatable bonds is 6. The molecule has 128 valence electrons. The van der Waals surface area contributed by atoms with E-state index in [1.165, 1.54) is 5.56 Å². The van der Waals surface area contributed by atoms with Gasteiger partial charge in [0, 0.05) is 20.1 Å². The van der Waals surface area contributed by atoms with Crippen molar-refractivity contribution in [2.45, 2.75) is 13.8 Å². The molecule has 1 aromatic carbocycles. The van der Waals surface area contributed by atoms with Crippen LogP contribution in [0.25, 0.3) is 12.2 Å². The minimum absolute atomic E-state index is 0.293. The molecule has 0 bridgehead atoms. The van der Waals surface area contributed by atoms with Gasteiger partial charge in [0.2, 0.25) is 5.89 Å². The molecule has 0 radical (unpaired) electrons. The van der Waals surface area contributed by atoms with E-state index in [4.69, 9.17) is 4.52 Å². The summed E-state index contributed by atoms with van der Waals surface area (Å²) in [6, 6.07) is 8.25. The van der Waals surface area contributed by atoms with Crippen molar-refractivity contribution in [3.63, 3.8) is 0 Å². The number of esters is 1. The molecule has 0 atom stereocenters. The fraction of sp³-hybridized carbons (Fsp3) is 0.278. The summed E-state index contributed by atoms with van der Waals surface area (Å²) in [5.41, 5.74) is 2.38. The molecular formula is C18H22N2O4. The predicted molar refractivity (Wildman–Crippen MR) is 92.2 cm³/mol. The summed E-state index contributed by atoms with van der Waals surface area (Å²) in [7, 11) is 1.54. The number of methoxy groups -OCH3 is 1. The van der Waals surface area contributed by atoms with Crippen LogP contribution in [0.1, 0.15) is 22.8 Å². The first-order valence-electron chi connectivity index (χ1n) is 7.38. The lowest BCUT2D eigenvalue weighted by molar-refractivity contribution is -0.138. The van der Waals surface area contributed by atoms with Gasteiger partial charge in [-0.25, -0.2) is 4.79 Å². The second-order valence-corrected chi connectivity index (χ2v) is 4.78. The number of nitrogens with zero attached hydrogens (tertiary/aromatic N) is 2. The highest BCUT2D eigenvalue weighted by molar-refractivity contribution is 5.81. The number of carbonyl (C=O) groups is 1. The van der Waals surface area contributed by atoms with Gasteiger partial charge in [-0.2, -0.15) is 4.98 Å². The zero-order valence-electron chi connectivity index (χ0n) is 14.2. The zero-order chi connectivity index (χ0) is 17.8. The Balaban J connectivity index is 0.000000277. The maximum atomic E-state index is 10.3. The first kappa shape index (κ1) is 19.3. The van der Waals surface area contributed by atoms with Crippen LogP contribution in [0.5, 0.6) is 0 Å². The Bertz CT molecular complexity index is 660. The zero-order valence-corrected chi connectivity index (χ0v) is 14.2. The Hall–Kier alpha value is -2.73. The molecule has 0 N–H and O–H groups in total. The molecule has 0 saturated heterocycles. The number of ether oxygens (including phenoxy) is 2. The van der Waals surface area contributed by atoms with Crippen LogP contribution in [0.15, 0.2) is 41.4 Å². The summed E-state index contributed by atoms with van der Waals surface area (Å²) in [5, 5.41) is 3.78. The highest BCUT2D eigenvalue weighted by Crippen LogP contribution is 2.07. The number of benzene rings is 1. The van der Waals surface area contributed by atoms with Crippen LogP contribution in [-0.2, 0) is 14.3 Å². The van der Waals surface area contributed by atoms with Gasteiger partial charge in [0.05, 0.1) is 6.61 Å². The third-order valence-electron chi connectivity index (χ3n) is 2.74. The highest BCUT2D eigenvalue weighted by atomic mass is 16.6. The van der Waals surface area contributed by atoms with Crippen LogP contribution >= 0.6 is 0 Å². The second-order valence-electron chi connectivity index (χ2n) is 4.78. The SMILES string of the molecule is C=CC(=O)OCCOC.Cc1ccc(/C=C/c2noc(C)n2)cc1. The molecule has 0 fully saturated rings. The van der Waals surface area contributed by atoms with Gasteiger partial charge in [-0.15, -0.1) is 0 Å². The van der Waals surface area contributed by atoms with Crippen molar-refractivity contribution < 1.29 is 18.8 Å². The van der Waals surface area contributed by atoms with Gasteiger partial charge in [0.15, 0.2) is 5.82 Å². The topological polar surface area (TPSA) is 74.5 Å². The van der Waals surface area contributed by atoms with Crippen molar-refractivity contribution in [2.75, 3.05) is 20.3 Å². The first-order chi connectivity index (χ1) is 11.5. The van der Waals surface area contributed by atoms with E-state index >= 15 is 0 Å². The maximum Gasteiger partial charge on any atom is 0.330 e. The number of hydrogen-bond donors (Lipinski definition) is 0. The van der Waals surface area contributed by atoms with E-state index in [2.05, 4.69) is 57.4 Å². The molecular weight excluding hydrogens is 308 g/mol. The van der Waals surface area contributed by atoms with Gasteiger partial charge in [-0.05, 0) is 18.6 Å². The van der Waals surface area contributed by atoms with Crippen LogP contribution in [0.3, 0.4) is 0 Å². The molecule has 0 amide bonds. The summed E-state index contributed by atoms with van der Waals surface area (Å²) in [4.78, 5) is 14.4. The largest absolute Gasteiger partial charge is 0.460 e. The summed E-state index contributed by atoms with van der Waals surface area (Å²) >= 11 is 0. The third-order valence-corrected chi connectivity index (χ3v) is 2.74. The maximum absolute atomic E-state index is 10.3. The molecule has 0 aliphatic carbocycles. The molecule has 2 aromatic rings. The minimum Gasteiger partial charge on any atom is -0.460 e. The van der Waals surface area contributed by atoms with E-state index in [0.29, 0.717) is 24.9 Å². The molecule has 6 nitrogen and oxygen atoms in total. The Kier molecular flexibility index (Phi) is 8.78. The number of carbonyl (C=O) groups excluding carboxylic acids is 1. The van der Waals surface area contributed by atoms with E-state index in [0.717, 1.165) is 11.6 Å². The summed E-state index contributed by atoms with van der Waals surface area (Å²) in [5.74, 6) is 0.777. The Morgan fingerprint density at radius 1 is 1.21 bits per heavy atom. The molecule has 2 rings (SSSR count). The van der Waals surface area contributed by atoms with Crippen molar-refractivity contribution in [1.29, 1.82) is 0 Å². The average molecular weight is 330 g/mol.